The maximum Gasteiger partial charge on any atom is 0.0963 e. The summed E-state index contributed by atoms with van der Waals surface area (Å²) in [6, 6.07) is 48.8. The molecule has 4 aromatic carbocycles. The van der Waals surface area contributed by atoms with Crippen molar-refractivity contribution in [1.82, 2.24) is 29.1 Å². The van der Waals surface area contributed by atoms with Crippen LogP contribution in [0.1, 0.15) is 12.1 Å². The summed E-state index contributed by atoms with van der Waals surface area (Å²) in [5, 5.41) is 2.20. The Balaban J connectivity index is 1.06. The summed E-state index contributed by atoms with van der Waals surface area (Å²) in [6.45, 7) is 0. The first-order valence-electron chi connectivity index (χ1n) is 18.9. The maximum absolute atomic E-state index is 5.00. The van der Waals surface area contributed by atoms with Crippen molar-refractivity contribution in [1.29, 1.82) is 0 Å². The fourth-order valence-corrected chi connectivity index (χ4v) is 8.42. The molecule has 7 heteroatoms. The van der Waals surface area contributed by atoms with Crippen molar-refractivity contribution >= 4 is 44.7 Å². The van der Waals surface area contributed by atoms with Gasteiger partial charge < -0.3 is 9.13 Å². The highest BCUT2D eigenvalue weighted by Gasteiger charge is 2.23. The number of fused-ring (bicyclic) bond motifs is 6. The molecular formula is C49H33N7. The number of hydrogen-bond acceptors (Lipinski definition) is 5. The lowest BCUT2D eigenvalue weighted by Crippen LogP contribution is -2.05. The van der Waals surface area contributed by atoms with Crippen molar-refractivity contribution in [2.75, 3.05) is 0 Å². The van der Waals surface area contributed by atoms with Crippen LogP contribution >= 0.6 is 0 Å². The maximum atomic E-state index is 5.00. The average Bonchev–Trinajstić information content (AvgIpc) is 3.79. The predicted octanol–water partition coefficient (Wildman–Crippen LogP) is 11.6. The SMILES string of the molecule is C1=Nc2c(n(-c3cncc(-n4c5ccc(-c6ccccc6-c6ccccn6)cc5c5ncccc54)c3)c3ccc(-c4ccccc4-c4ccccn4)cc23)CC1. The van der Waals surface area contributed by atoms with E-state index in [0.717, 1.165) is 108 Å². The van der Waals surface area contributed by atoms with E-state index >= 15 is 0 Å². The molecule has 0 N–H and O–H groups in total. The molecule has 11 rings (SSSR count). The smallest absolute Gasteiger partial charge is 0.0963 e. The normalized spacial score (nSPS) is 12.4. The summed E-state index contributed by atoms with van der Waals surface area (Å²) in [5.74, 6) is 0. The van der Waals surface area contributed by atoms with Crippen molar-refractivity contribution in [3.63, 3.8) is 0 Å². The highest BCUT2D eigenvalue weighted by atomic mass is 15.1. The quantitative estimate of drug-likeness (QED) is 0.171. The van der Waals surface area contributed by atoms with Gasteiger partial charge in [0.1, 0.15) is 0 Å². The third-order valence-corrected chi connectivity index (χ3v) is 10.9. The first-order valence-corrected chi connectivity index (χ1v) is 18.9. The Bertz CT molecular complexity index is 3140. The molecule has 10 aromatic rings. The van der Waals surface area contributed by atoms with Crippen LogP contribution < -0.4 is 0 Å². The van der Waals surface area contributed by atoms with Gasteiger partial charge in [0.2, 0.25) is 0 Å². The van der Waals surface area contributed by atoms with E-state index < -0.39 is 0 Å². The molecule has 0 spiro atoms. The molecule has 0 aliphatic carbocycles. The van der Waals surface area contributed by atoms with Crippen LogP contribution in [0.2, 0.25) is 0 Å². The van der Waals surface area contributed by atoms with Gasteiger partial charge in [0, 0.05) is 46.7 Å². The van der Waals surface area contributed by atoms with Gasteiger partial charge in [-0.25, -0.2) is 0 Å². The second kappa shape index (κ2) is 13.1. The van der Waals surface area contributed by atoms with E-state index in [0.29, 0.717) is 0 Å². The standard InChI is InChI=1S/C49H33N7/c1-3-13-38(42-15-5-7-23-51-42)36(11-1)32-19-21-44-40(27-32)48-46(17-9-25-53-48)55(44)34-29-35(31-50-30-34)56-45-22-20-33(28-41(45)49-47(56)18-10-26-54-49)37-12-2-4-14-39(37)43-16-6-8-24-52-43/h1-9,11-17,19-31H,10,18H2. The highest BCUT2D eigenvalue weighted by Crippen LogP contribution is 2.42. The van der Waals surface area contributed by atoms with Gasteiger partial charge in [-0.1, -0.05) is 72.8 Å². The van der Waals surface area contributed by atoms with Gasteiger partial charge in [0.25, 0.3) is 0 Å². The first-order chi connectivity index (χ1) is 27.8. The Morgan fingerprint density at radius 3 is 1.71 bits per heavy atom. The predicted molar refractivity (Wildman–Crippen MR) is 227 cm³/mol. The van der Waals surface area contributed by atoms with E-state index in [2.05, 4.69) is 128 Å². The number of benzene rings is 4. The van der Waals surface area contributed by atoms with Gasteiger partial charge in [0.05, 0.1) is 68.6 Å². The molecule has 0 saturated carbocycles. The molecule has 0 unspecified atom stereocenters. The number of aliphatic imine (C=N–C) groups is 1. The highest BCUT2D eigenvalue weighted by molar-refractivity contribution is 6.09. The molecule has 0 radical (unpaired) electrons. The summed E-state index contributed by atoms with van der Waals surface area (Å²) < 4.78 is 4.64. The second-order valence-electron chi connectivity index (χ2n) is 14.1. The van der Waals surface area contributed by atoms with Gasteiger partial charge in [-0.3, -0.25) is 24.9 Å². The minimum Gasteiger partial charge on any atom is -0.310 e. The van der Waals surface area contributed by atoms with E-state index in [1.807, 2.05) is 67.5 Å². The monoisotopic (exact) mass is 719 g/mol. The summed E-state index contributed by atoms with van der Waals surface area (Å²) >= 11 is 0. The molecule has 56 heavy (non-hydrogen) atoms. The topological polar surface area (TPSA) is 73.8 Å². The van der Waals surface area contributed by atoms with Crippen molar-refractivity contribution in [3.8, 4) is 56.1 Å². The van der Waals surface area contributed by atoms with Crippen molar-refractivity contribution in [3.05, 3.63) is 176 Å². The van der Waals surface area contributed by atoms with Crippen LogP contribution in [0.4, 0.5) is 5.69 Å². The van der Waals surface area contributed by atoms with Gasteiger partial charge >= 0.3 is 0 Å². The molecule has 6 aromatic heterocycles. The molecule has 1 aliphatic rings. The van der Waals surface area contributed by atoms with E-state index in [1.165, 1.54) is 5.69 Å². The van der Waals surface area contributed by atoms with Gasteiger partial charge in [-0.15, -0.1) is 0 Å². The van der Waals surface area contributed by atoms with E-state index in [1.54, 1.807) is 0 Å². The van der Waals surface area contributed by atoms with E-state index in [-0.39, 0.29) is 0 Å². The van der Waals surface area contributed by atoms with Crippen LogP contribution in [0.5, 0.6) is 0 Å². The number of rotatable bonds is 6. The third kappa shape index (κ3) is 5.16. The van der Waals surface area contributed by atoms with E-state index in [9.17, 15) is 0 Å². The fourth-order valence-electron chi connectivity index (χ4n) is 8.42. The van der Waals surface area contributed by atoms with E-state index in [4.69, 9.17) is 15.0 Å². The Hall–Kier alpha value is -7.51. The fraction of sp³-hybridized carbons (Fsp3) is 0.0408. The molecule has 7 heterocycles. The van der Waals surface area contributed by atoms with Crippen molar-refractivity contribution in [2.24, 2.45) is 4.99 Å². The first kappa shape index (κ1) is 32.0. The van der Waals surface area contributed by atoms with Crippen LogP contribution in [0.3, 0.4) is 0 Å². The summed E-state index contributed by atoms with van der Waals surface area (Å²) in [5.41, 5.74) is 16.9. The molecular weight excluding hydrogens is 687 g/mol. The summed E-state index contributed by atoms with van der Waals surface area (Å²) in [6.07, 6.45) is 13.3. The van der Waals surface area contributed by atoms with Crippen LogP contribution in [-0.2, 0) is 6.42 Å². The number of aromatic nitrogens is 6. The third-order valence-electron chi connectivity index (χ3n) is 10.9. The number of nitrogens with zero attached hydrogens (tertiary/aromatic N) is 7. The Labute approximate surface area is 323 Å². The van der Waals surface area contributed by atoms with Crippen molar-refractivity contribution in [2.45, 2.75) is 12.8 Å². The molecule has 264 valence electrons. The van der Waals surface area contributed by atoms with Gasteiger partial charge in [-0.2, -0.15) is 0 Å². The second-order valence-corrected chi connectivity index (χ2v) is 14.1. The average molecular weight is 720 g/mol. The van der Waals surface area contributed by atoms with Gasteiger partial charge in [0.15, 0.2) is 0 Å². The minimum atomic E-state index is 0.885. The largest absolute Gasteiger partial charge is 0.310 e. The summed E-state index contributed by atoms with van der Waals surface area (Å²) in [4.78, 5) is 24.1. The zero-order valence-electron chi connectivity index (χ0n) is 30.3. The minimum absolute atomic E-state index is 0.885. The Morgan fingerprint density at radius 2 is 1.05 bits per heavy atom. The number of hydrogen-bond donors (Lipinski definition) is 0. The zero-order valence-corrected chi connectivity index (χ0v) is 30.3. The zero-order chi connectivity index (χ0) is 37.0. The van der Waals surface area contributed by atoms with Crippen LogP contribution in [-0.4, -0.2) is 35.3 Å². The van der Waals surface area contributed by atoms with Crippen LogP contribution in [0.15, 0.2) is 176 Å². The summed E-state index contributed by atoms with van der Waals surface area (Å²) in [7, 11) is 0. The molecule has 0 atom stereocenters. The molecule has 0 amide bonds. The molecule has 7 nitrogen and oxygen atoms in total. The lowest BCUT2D eigenvalue weighted by molar-refractivity contribution is 0.906. The van der Waals surface area contributed by atoms with Crippen LogP contribution in [0.25, 0.3) is 89.0 Å². The molecule has 0 bridgehead atoms. The molecule has 0 saturated heterocycles. The van der Waals surface area contributed by atoms with Gasteiger partial charge in [-0.05, 0) is 102 Å². The van der Waals surface area contributed by atoms with Crippen LogP contribution in [0, 0.1) is 0 Å². The lowest BCUT2D eigenvalue weighted by Gasteiger charge is -2.15. The lowest BCUT2D eigenvalue weighted by atomic mass is 9.96. The Kier molecular flexibility index (Phi) is 7.48. The number of pyridine rings is 4. The molecule has 1 aliphatic heterocycles. The Morgan fingerprint density at radius 1 is 0.464 bits per heavy atom. The molecule has 0 fully saturated rings. The van der Waals surface area contributed by atoms with Crippen molar-refractivity contribution < 1.29 is 0 Å².